The number of hydrogen-bond donors (Lipinski definition) is 1. The average Bonchev–Trinajstić information content (AvgIpc) is 2.74. The van der Waals surface area contributed by atoms with Crippen molar-refractivity contribution in [1.29, 1.82) is 0 Å². The highest BCUT2D eigenvalue weighted by Gasteiger charge is 2.24. The molecule has 0 saturated heterocycles. The van der Waals surface area contributed by atoms with Gasteiger partial charge in [-0.15, -0.1) is 0 Å². The van der Waals surface area contributed by atoms with Crippen LogP contribution in [0, 0.1) is 6.92 Å². The summed E-state index contributed by atoms with van der Waals surface area (Å²) in [6, 6.07) is 23.2. The van der Waals surface area contributed by atoms with Crippen LogP contribution in [0.15, 0.2) is 66.7 Å². The molecule has 0 aromatic heterocycles. The van der Waals surface area contributed by atoms with Gasteiger partial charge in [-0.05, 0) is 48.1 Å². The minimum atomic E-state index is 0.235. The Morgan fingerprint density at radius 1 is 0.826 bits per heavy atom. The summed E-state index contributed by atoms with van der Waals surface area (Å²) in [6.45, 7) is 2.08. The second kappa shape index (κ2) is 5.58. The van der Waals surface area contributed by atoms with Crippen LogP contribution < -0.4 is 0 Å². The van der Waals surface area contributed by atoms with Gasteiger partial charge < -0.3 is 5.11 Å². The van der Waals surface area contributed by atoms with E-state index in [-0.39, 0.29) is 5.92 Å². The lowest BCUT2D eigenvalue weighted by Gasteiger charge is -2.20. The van der Waals surface area contributed by atoms with Gasteiger partial charge in [-0.1, -0.05) is 66.2 Å². The Morgan fingerprint density at radius 2 is 1.57 bits per heavy atom. The van der Waals surface area contributed by atoms with Gasteiger partial charge in [-0.25, -0.2) is 0 Å². The molecule has 0 aliphatic heterocycles. The number of hydrogen-bond acceptors (Lipinski definition) is 1. The second-order valence-electron chi connectivity index (χ2n) is 6.40. The third-order valence-corrected chi connectivity index (χ3v) is 4.90. The van der Waals surface area contributed by atoms with Crippen molar-refractivity contribution in [3.05, 3.63) is 89.0 Å². The Hall–Kier alpha value is -2.54. The number of phenols is 1. The quantitative estimate of drug-likeness (QED) is 0.634. The molecule has 3 aromatic rings. The Morgan fingerprint density at radius 3 is 2.43 bits per heavy atom. The van der Waals surface area contributed by atoms with Crippen molar-refractivity contribution in [1.82, 2.24) is 0 Å². The first kappa shape index (κ1) is 14.1. The van der Waals surface area contributed by atoms with Crippen LogP contribution in [0.4, 0.5) is 0 Å². The van der Waals surface area contributed by atoms with E-state index in [1.807, 2.05) is 12.1 Å². The van der Waals surface area contributed by atoms with Gasteiger partial charge >= 0.3 is 0 Å². The predicted molar refractivity (Wildman–Crippen MR) is 94.9 cm³/mol. The van der Waals surface area contributed by atoms with Crippen molar-refractivity contribution in [3.8, 4) is 16.9 Å². The standard InChI is InChI=1S/C22H20O/c1-15-10-13-22(23)21(14-15)20-12-11-16-6-2-3-7-17(16)18-8-4-5-9-19(18)20/h2-10,13-14,20,23H,11-12H2,1H3. The van der Waals surface area contributed by atoms with E-state index in [1.54, 1.807) is 0 Å². The van der Waals surface area contributed by atoms with Gasteiger partial charge in [-0.3, -0.25) is 0 Å². The molecule has 1 nitrogen and oxygen atoms in total. The van der Waals surface area contributed by atoms with Crippen LogP contribution in [-0.4, -0.2) is 5.11 Å². The molecular weight excluding hydrogens is 280 g/mol. The van der Waals surface area contributed by atoms with E-state index < -0.39 is 0 Å². The van der Waals surface area contributed by atoms with Crippen molar-refractivity contribution in [3.63, 3.8) is 0 Å². The van der Waals surface area contributed by atoms with E-state index in [1.165, 1.54) is 27.8 Å². The van der Waals surface area contributed by atoms with E-state index in [0.717, 1.165) is 18.4 Å². The summed E-state index contributed by atoms with van der Waals surface area (Å²) in [7, 11) is 0. The highest BCUT2D eigenvalue weighted by Crippen LogP contribution is 2.43. The van der Waals surface area contributed by atoms with E-state index in [2.05, 4.69) is 61.5 Å². The van der Waals surface area contributed by atoms with Crippen molar-refractivity contribution in [2.24, 2.45) is 0 Å². The van der Waals surface area contributed by atoms with E-state index in [0.29, 0.717) is 5.75 Å². The highest BCUT2D eigenvalue weighted by molar-refractivity contribution is 5.73. The summed E-state index contributed by atoms with van der Waals surface area (Å²) in [4.78, 5) is 0. The molecule has 0 radical (unpaired) electrons. The number of phenolic OH excluding ortho intramolecular Hbond substituents is 1. The summed E-state index contributed by atoms with van der Waals surface area (Å²) < 4.78 is 0. The van der Waals surface area contributed by atoms with E-state index in [9.17, 15) is 5.11 Å². The van der Waals surface area contributed by atoms with Crippen molar-refractivity contribution in [2.45, 2.75) is 25.7 Å². The third-order valence-electron chi connectivity index (χ3n) is 4.90. The van der Waals surface area contributed by atoms with Gasteiger partial charge in [0.05, 0.1) is 0 Å². The van der Waals surface area contributed by atoms with Crippen LogP contribution >= 0.6 is 0 Å². The molecule has 0 fully saturated rings. The van der Waals surface area contributed by atoms with Crippen LogP contribution in [-0.2, 0) is 6.42 Å². The van der Waals surface area contributed by atoms with Gasteiger partial charge in [0.2, 0.25) is 0 Å². The van der Waals surface area contributed by atoms with E-state index >= 15 is 0 Å². The molecular formula is C22H20O. The molecule has 1 atom stereocenters. The maximum Gasteiger partial charge on any atom is 0.119 e. The molecule has 0 spiro atoms. The van der Waals surface area contributed by atoms with Crippen LogP contribution in [0.3, 0.4) is 0 Å². The number of aryl methyl sites for hydroxylation is 2. The maximum atomic E-state index is 10.4. The molecule has 1 aliphatic carbocycles. The minimum Gasteiger partial charge on any atom is -0.508 e. The topological polar surface area (TPSA) is 20.2 Å². The highest BCUT2D eigenvalue weighted by atomic mass is 16.3. The molecule has 1 unspecified atom stereocenters. The van der Waals surface area contributed by atoms with Crippen LogP contribution in [0.1, 0.15) is 34.6 Å². The zero-order valence-electron chi connectivity index (χ0n) is 13.3. The van der Waals surface area contributed by atoms with Gasteiger partial charge in [0.1, 0.15) is 5.75 Å². The first-order valence-corrected chi connectivity index (χ1v) is 8.21. The summed E-state index contributed by atoms with van der Waals surface area (Å²) in [6.07, 6.45) is 2.05. The fraction of sp³-hybridized carbons (Fsp3) is 0.182. The maximum absolute atomic E-state index is 10.4. The number of rotatable bonds is 1. The smallest absolute Gasteiger partial charge is 0.119 e. The summed E-state index contributed by atoms with van der Waals surface area (Å²) in [5, 5.41) is 10.4. The predicted octanol–water partition coefficient (Wildman–Crippen LogP) is 5.45. The summed E-state index contributed by atoms with van der Waals surface area (Å²) >= 11 is 0. The SMILES string of the molecule is Cc1ccc(O)c(C2CCc3ccccc3-c3ccccc32)c1. The monoisotopic (exact) mass is 300 g/mol. The molecule has 0 saturated carbocycles. The van der Waals surface area contributed by atoms with Crippen molar-refractivity contribution < 1.29 is 5.11 Å². The molecule has 1 heteroatoms. The lowest BCUT2D eigenvalue weighted by atomic mass is 9.85. The Kier molecular flexibility index (Phi) is 3.42. The zero-order valence-corrected chi connectivity index (χ0v) is 13.3. The molecule has 0 heterocycles. The van der Waals surface area contributed by atoms with Crippen LogP contribution in [0.5, 0.6) is 5.75 Å². The molecule has 114 valence electrons. The first-order chi connectivity index (χ1) is 11.2. The first-order valence-electron chi connectivity index (χ1n) is 8.21. The number of benzene rings is 3. The molecule has 23 heavy (non-hydrogen) atoms. The molecule has 1 aliphatic rings. The number of aromatic hydroxyl groups is 1. The summed E-state index contributed by atoms with van der Waals surface area (Å²) in [5.74, 6) is 0.639. The largest absolute Gasteiger partial charge is 0.508 e. The molecule has 0 amide bonds. The molecule has 3 aromatic carbocycles. The van der Waals surface area contributed by atoms with Gasteiger partial charge in [0.25, 0.3) is 0 Å². The lowest BCUT2D eigenvalue weighted by molar-refractivity contribution is 0.463. The Labute approximate surface area is 137 Å². The second-order valence-corrected chi connectivity index (χ2v) is 6.40. The lowest BCUT2D eigenvalue weighted by Crippen LogP contribution is -2.03. The van der Waals surface area contributed by atoms with Gasteiger partial charge in [0.15, 0.2) is 0 Å². The van der Waals surface area contributed by atoms with Crippen LogP contribution in [0.2, 0.25) is 0 Å². The van der Waals surface area contributed by atoms with E-state index in [4.69, 9.17) is 0 Å². The fourth-order valence-electron chi connectivity index (χ4n) is 3.78. The van der Waals surface area contributed by atoms with Crippen LogP contribution in [0.25, 0.3) is 11.1 Å². The Bertz CT molecular complexity index is 863. The molecule has 4 rings (SSSR count). The Balaban J connectivity index is 1.93. The zero-order chi connectivity index (χ0) is 15.8. The molecule has 1 N–H and O–H groups in total. The van der Waals surface area contributed by atoms with Gasteiger partial charge in [-0.2, -0.15) is 0 Å². The van der Waals surface area contributed by atoms with Crippen molar-refractivity contribution >= 4 is 0 Å². The fourth-order valence-corrected chi connectivity index (χ4v) is 3.78. The van der Waals surface area contributed by atoms with Crippen molar-refractivity contribution in [2.75, 3.05) is 0 Å². The third kappa shape index (κ3) is 2.43. The average molecular weight is 300 g/mol. The normalized spacial score (nSPS) is 16.3. The summed E-state index contributed by atoms with van der Waals surface area (Å²) in [5.41, 5.74) is 7.58. The number of fused-ring (bicyclic) bond motifs is 3. The molecule has 0 bridgehead atoms. The minimum absolute atomic E-state index is 0.235. The van der Waals surface area contributed by atoms with Gasteiger partial charge in [0, 0.05) is 11.5 Å².